The molecule has 1 amide bonds. The summed E-state index contributed by atoms with van der Waals surface area (Å²) in [5.74, 6) is 0.152. The van der Waals surface area contributed by atoms with Gasteiger partial charge in [-0.2, -0.15) is 0 Å². The lowest BCUT2D eigenvalue weighted by atomic mass is 10.2. The summed E-state index contributed by atoms with van der Waals surface area (Å²) in [7, 11) is 0. The molecule has 2 N–H and O–H groups in total. The second-order valence-corrected chi connectivity index (χ2v) is 3.70. The van der Waals surface area contributed by atoms with E-state index in [2.05, 4.69) is 0 Å². The van der Waals surface area contributed by atoms with E-state index in [-0.39, 0.29) is 12.0 Å². The zero-order valence-electron chi connectivity index (χ0n) is 7.74. The Hall–Kier alpha value is -0.610. The highest BCUT2D eigenvalue weighted by Gasteiger charge is 2.38. The molecule has 0 aromatic heterocycles. The van der Waals surface area contributed by atoms with Crippen molar-refractivity contribution in [2.24, 2.45) is 5.73 Å². The maximum Gasteiger partial charge on any atom is 0.252 e. The fourth-order valence-electron chi connectivity index (χ4n) is 1.77. The van der Waals surface area contributed by atoms with Crippen molar-refractivity contribution in [1.82, 2.24) is 4.90 Å². The van der Waals surface area contributed by atoms with Gasteiger partial charge in [-0.25, -0.2) is 0 Å². The molecule has 0 bridgehead atoms. The number of hydrogen-bond acceptors (Lipinski definition) is 3. The van der Waals surface area contributed by atoms with Crippen molar-refractivity contribution in [3.8, 4) is 0 Å². The van der Waals surface area contributed by atoms with Crippen LogP contribution in [-0.4, -0.2) is 42.6 Å². The number of rotatable bonds is 3. The second-order valence-electron chi connectivity index (χ2n) is 3.70. The molecule has 4 nitrogen and oxygen atoms in total. The first-order valence-electron chi connectivity index (χ1n) is 4.95. The van der Waals surface area contributed by atoms with Crippen molar-refractivity contribution in [3.05, 3.63) is 0 Å². The lowest BCUT2D eigenvalue weighted by Crippen LogP contribution is -2.49. The lowest BCUT2D eigenvalue weighted by molar-refractivity contribution is -0.153. The van der Waals surface area contributed by atoms with Gasteiger partial charge in [0.1, 0.15) is 6.10 Å². The molecule has 1 atom stereocenters. The maximum absolute atomic E-state index is 11.7. The van der Waals surface area contributed by atoms with Crippen molar-refractivity contribution in [1.29, 1.82) is 0 Å². The smallest absolute Gasteiger partial charge is 0.252 e. The van der Waals surface area contributed by atoms with E-state index in [4.69, 9.17) is 10.5 Å². The number of nitrogens with zero attached hydrogens (tertiary/aromatic N) is 1. The molecule has 1 saturated heterocycles. The monoisotopic (exact) mass is 184 g/mol. The van der Waals surface area contributed by atoms with E-state index >= 15 is 0 Å². The van der Waals surface area contributed by atoms with Crippen LogP contribution in [0.4, 0.5) is 0 Å². The zero-order chi connectivity index (χ0) is 9.26. The van der Waals surface area contributed by atoms with Crippen molar-refractivity contribution in [3.63, 3.8) is 0 Å². The van der Waals surface area contributed by atoms with Gasteiger partial charge in [-0.15, -0.1) is 0 Å². The van der Waals surface area contributed by atoms with Gasteiger partial charge in [0, 0.05) is 12.6 Å². The van der Waals surface area contributed by atoms with Gasteiger partial charge in [-0.05, 0) is 25.8 Å². The third kappa shape index (κ3) is 1.84. The van der Waals surface area contributed by atoms with Gasteiger partial charge < -0.3 is 15.4 Å². The zero-order valence-corrected chi connectivity index (χ0v) is 7.74. The van der Waals surface area contributed by atoms with E-state index in [0.29, 0.717) is 25.6 Å². The number of nitrogens with two attached hydrogens (primary N) is 1. The van der Waals surface area contributed by atoms with Crippen LogP contribution in [0.5, 0.6) is 0 Å². The quantitative estimate of drug-likeness (QED) is 0.656. The first kappa shape index (κ1) is 8.97. The van der Waals surface area contributed by atoms with E-state index in [1.807, 2.05) is 4.90 Å². The molecular weight excluding hydrogens is 168 g/mol. The first-order valence-corrected chi connectivity index (χ1v) is 4.95. The van der Waals surface area contributed by atoms with Crippen LogP contribution in [0.1, 0.15) is 19.3 Å². The Morgan fingerprint density at radius 1 is 1.54 bits per heavy atom. The van der Waals surface area contributed by atoms with E-state index in [1.165, 1.54) is 12.8 Å². The minimum atomic E-state index is -0.264. The van der Waals surface area contributed by atoms with Crippen LogP contribution < -0.4 is 5.73 Å². The third-order valence-corrected chi connectivity index (χ3v) is 2.63. The van der Waals surface area contributed by atoms with Crippen molar-refractivity contribution >= 4 is 5.91 Å². The Bertz CT molecular complexity index is 202. The molecule has 2 fully saturated rings. The SMILES string of the molecule is NCCC1OCCN(C2CC2)C1=O. The summed E-state index contributed by atoms with van der Waals surface area (Å²) in [6.45, 7) is 1.96. The van der Waals surface area contributed by atoms with Crippen LogP contribution >= 0.6 is 0 Å². The number of ether oxygens (including phenoxy) is 1. The van der Waals surface area contributed by atoms with Gasteiger partial charge in [0.2, 0.25) is 0 Å². The summed E-state index contributed by atoms with van der Waals surface area (Å²) in [5, 5.41) is 0. The summed E-state index contributed by atoms with van der Waals surface area (Å²) >= 11 is 0. The average Bonchev–Trinajstić information content (AvgIpc) is 2.92. The molecule has 1 heterocycles. The van der Waals surface area contributed by atoms with Crippen LogP contribution in [0, 0.1) is 0 Å². The Kier molecular flexibility index (Phi) is 2.51. The maximum atomic E-state index is 11.7. The molecule has 13 heavy (non-hydrogen) atoms. The summed E-state index contributed by atoms with van der Waals surface area (Å²) < 4.78 is 5.37. The van der Waals surface area contributed by atoms with Gasteiger partial charge in [-0.3, -0.25) is 4.79 Å². The number of morpholine rings is 1. The number of carbonyl (C=O) groups is 1. The molecule has 0 spiro atoms. The minimum absolute atomic E-state index is 0.152. The number of hydrogen-bond donors (Lipinski definition) is 1. The summed E-state index contributed by atoms with van der Waals surface area (Å²) in [4.78, 5) is 13.7. The molecule has 2 aliphatic rings. The second kappa shape index (κ2) is 3.64. The van der Waals surface area contributed by atoms with Gasteiger partial charge >= 0.3 is 0 Å². The van der Waals surface area contributed by atoms with Gasteiger partial charge in [-0.1, -0.05) is 0 Å². The largest absolute Gasteiger partial charge is 0.366 e. The highest BCUT2D eigenvalue weighted by atomic mass is 16.5. The van der Waals surface area contributed by atoms with E-state index in [1.54, 1.807) is 0 Å². The first-order chi connectivity index (χ1) is 6.33. The van der Waals surface area contributed by atoms with Crippen molar-refractivity contribution in [2.75, 3.05) is 19.7 Å². The Morgan fingerprint density at radius 2 is 2.31 bits per heavy atom. The molecule has 0 radical (unpaired) electrons. The van der Waals surface area contributed by atoms with Gasteiger partial charge in [0.05, 0.1) is 6.61 Å². The lowest BCUT2D eigenvalue weighted by Gasteiger charge is -2.32. The Balaban J connectivity index is 1.94. The molecule has 74 valence electrons. The molecule has 0 aromatic carbocycles. The standard InChI is InChI=1S/C9H16N2O2/c10-4-3-8-9(12)11(5-6-13-8)7-1-2-7/h7-8H,1-6,10H2. The topological polar surface area (TPSA) is 55.6 Å². The molecule has 0 aromatic rings. The summed E-state index contributed by atoms with van der Waals surface area (Å²) in [6.07, 6.45) is 2.73. The molecule has 1 aliphatic heterocycles. The predicted octanol–water partition coefficient (Wildman–Crippen LogP) is -0.275. The normalized spacial score (nSPS) is 29.5. The molecule has 1 saturated carbocycles. The number of amides is 1. The highest BCUT2D eigenvalue weighted by Crippen LogP contribution is 2.29. The predicted molar refractivity (Wildman–Crippen MR) is 48.1 cm³/mol. The summed E-state index contributed by atoms with van der Waals surface area (Å²) in [5.41, 5.74) is 5.41. The van der Waals surface area contributed by atoms with Crippen LogP contribution in [0.25, 0.3) is 0 Å². The van der Waals surface area contributed by atoms with E-state index < -0.39 is 0 Å². The molecule has 1 unspecified atom stereocenters. The molecule has 4 heteroatoms. The van der Waals surface area contributed by atoms with E-state index in [0.717, 1.165) is 6.54 Å². The molecule has 1 aliphatic carbocycles. The van der Waals surface area contributed by atoms with E-state index in [9.17, 15) is 4.79 Å². The van der Waals surface area contributed by atoms with Crippen molar-refractivity contribution in [2.45, 2.75) is 31.4 Å². The van der Waals surface area contributed by atoms with Crippen LogP contribution in [0.15, 0.2) is 0 Å². The third-order valence-electron chi connectivity index (χ3n) is 2.63. The average molecular weight is 184 g/mol. The fraction of sp³-hybridized carbons (Fsp3) is 0.889. The van der Waals surface area contributed by atoms with Crippen LogP contribution in [0.2, 0.25) is 0 Å². The van der Waals surface area contributed by atoms with Gasteiger partial charge in [0.15, 0.2) is 0 Å². The molecule has 2 rings (SSSR count). The summed E-state index contributed by atoms with van der Waals surface area (Å²) in [6, 6.07) is 0.511. The van der Waals surface area contributed by atoms with Crippen LogP contribution in [0.3, 0.4) is 0 Å². The van der Waals surface area contributed by atoms with Gasteiger partial charge in [0.25, 0.3) is 5.91 Å². The van der Waals surface area contributed by atoms with Crippen molar-refractivity contribution < 1.29 is 9.53 Å². The fourth-order valence-corrected chi connectivity index (χ4v) is 1.77. The highest BCUT2D eigenvalue weighted by molar-refractivity contribution is 5.82. The Morgan fingerprint density at radius 3 is 2.92 bits per heavy atom. The van der Waals surface area contributed by atoms with Crippen LogP contribution in [-0.2, 0) is 9.53 Å². The minimum Gasteiger partial charge on any atom is -0.366 e. The molecular formula is C9H16N2O2. The number of carbonyl (C=O) groups excluding carboxylic acids is 1. The Labute approximate surface area is 78.0 Å².